The molecule has 0 aromatic heterocycles. The van der Waals surface area contributed by atoms with Crippen LogP contribution in [-0.4, -0.2) is 6.29 Å². The molecule has 3 aliphatic carbocycles. The average Bonchev–Trinajstić information content (AvgIpc) is 2.94. The van der Waals surface area contributed by atoms with Gasteiger partial charge in [-0.1, -0.05) is 33.3 Å². The molecule has 1 spiro atoms. The number of allylic oxidation sites excluding steroid dienone is 2. The minimum atomic E-state index is 0.424. The van der Waals surface area contributed by atoms with E-state index in [0.717, 1.165) is 18.3 Å². The summed E-state index contributed by atoms with van der Waals surface area (Å²) >= 11 is 0. The molecule has 0 radical (unpaired) electrons. The molecule has 0 N–H and O–H groups in total. The predicted octanol–water partition coefficient (Wildman–Crippen LogP) is 3.74. The van der Waals surface area contributed by atoms with Crippen molar-refractivity contribution in [3.05, 3.63) is 11.6 Å². The molecule has 2 saturated carbocycles. The van der Waals surface area contributed by atoms with Gasteiger partial charge in [-0.3, -0.25) is 4.79 Å². The lowest BCUT2D eigenvalue weighted by Gasteiger charge is -2.54. The number of hydrogen-bond acceptors (Lipinski definition) is 1. The number of carbonyl (C=O) groups excluding carboxylic acids is 1. The van der Waals surface area contributed by atoms with Gasteiger partial charge in [0.05, 0.1) is 0 Å². The van der Waals surface area contributed by atoms with Gasteiger partial charge < -0.3 is 0 Å². The van der Waals surface area contributed by atoms with Gasteiger partial charge in [-0.25, -0.2) is 0 Å². The summed E-state index contributed by atoms with van der Waals surface area (Å²) in [5.74, 6) is 0.582. The van der Waals surface area contributed by atoms with Crippen molar-refractivity contribution in [3.8, 4) is 0 Å². The largest absolute Gasteiger partial charge is 0.298 e. The van der Waals surface area contributed by atoms with Gasteiger partial charge >= 0.3 is 0 Å². The maximum atomic E-state index is 11.1. The fourth-order valence-electron chi connectivity index (χ4n) is 5.16. The lowest BCUT2D eigenvalue weighted by molar-refractivity contribution is -0.106. The van der Waals surface area contributed by atoms with E-state index < -0.39 is 0 Å². The highest BCUT2D eigenvalue weighted by molar-refractivity contribution is 5.76. The standard InChI is InChI=1S/C15H22O/c1-13(2)6-4-7-14(3)8-5-11(10-16)12-9-15(12,13)14/h5,10,12H,4,6-9H2,1-3H3/t12-,14-,15-/m1/s1. The van der Waals surface area contributed by atoms with E-state index in [1.165, 1.54) is 25.7 Å². The van der Waals surface area contributed by atoms with Crippen LogP contribution < -0.4 is 0 Å². The third kappa shape index (κ3) is 0.959. The summed E-state index contributed by atoms with van der Waals surface area (Å²) < 4.78 is 0. The van der Waals surface area contributed by atoms with Gasteiger partial charge in [0, 0.05) is 0 Å². The molecule has 0 aromatic carbocycles. The first-order valence-electron chi connectivity index (χ1n) is 6.62. The molecule has 0 saturated heterocycles. The Labute approximate surface area is 98.3 Å². The second-order valence-corrected chi connectivity index (χ2v) is 7.05. The maximum Gasteiger partial charge on any atom is 0.146 e. The van der Waals surface area contributed by atoms with Gasteiger partial charge in [0.15, 0.2) is 0 Å². The zero-order chi connectivity index (χ0) is 11.6. The van der Waals surface area contributed by atoms with E-state index in [1.807, 2.05) is 0 Å². The summed E-state index contributed by atoms with van der Waals surface area (Å²) in [5.41, 5.74) is 2.44. The highest BCUT2D eigenvalue weighted by Gasteiger charge is 2.73. The summed E-state index contributed by atoms with van der Waals surface area (Å²) in [6.45, 7) is 7.32. The summed E-state index contributed by atoms with van der Waals surface area (Å²) in [6, 6.07) is 0. The number of hydrogen-bond donors (Lipinski definition) is 0. The molecule has 16 heavy (non-hydrogen) atoms. The second-order valence-electron chi connectivity index (χ2n) is 7.05. The van der Waals surface area contributed by atoms with Crippen LogP contribution in [0, 0.1) is 22.2 Å². The number of rotatable bonds is 1. The van der Waals surface area contributed by atoms with Crippen LogP contribution >= 0.6 is 0 Å². The minimum Gasteiger partial charge on any atom is -0.298 e. The SMILES string of the molecule is CC1(C)CCC[C@]2(C)CC=C(C=O)[C@H]3C[C@@]312. The van der Waals surface area contributed by atoms with E-state index in [9.17, 15) is 4.79 Å². The van der Waals surface area contributed by atoms with Crippen LogP contribution in [0.4, 0.5) is 0 Å². The van der Waals surface area contributed by atoms with Crippen LogP contribution in [0.15, 0.2) is 11.6 Å². The quantitative estimate of drug-likeness (QED) is 0.613. The minimum absolute atomic E-state index is 0.424. The maximum absolute atomic E-state index is 11.1. The topological polar surface area (TPSA) is 17.1 Å². The molecule has 88 valence electrons. The lowest BCUT2D eigenvalue weighted by Crippen LogP contribution is -2.46. The monoisotopic (exact) mass is 218 g/mol. The van der Waals surface area contributed by atoms with Crippen molar-refractivity contribution in [3.63, 3.8) is 0 Å². The zero-order valence-corrected chi connectivity index (χ0v) is 10.7. The Morgan fingerprint density at radius 1 is 1.31 bits per heavy atom. The van der Waals surface area contributed by atoms with Crippen molar-refractivity contribution < 1.29 is 4.79 Å². The van der Waals surface area contributed by atoms with Gasteiger partial charge in [0.2, 0.25) is 0 Å². The fourth-order valence-corrected chi connectivity index (χ4v) is 5.16. The van der Waals surface area contributed by atoms with Gasteiger partial charge in [-0.05, 0) is 53.4 Å². The van der Waals surface area contributed by atoms with Gasteiger partial charge in [0.1, 0.15) is 6.29 Å². The third-order valence-corrected chi connectivity index (χ3v) is 6.10. The Morgan fingerprint density at radius 2 is 2.06 bits per heavy atom. The number of aldehydes is 1. The summed E-state index contributed by atoms with van der Waals surface area (Å²) in [4.78, 5) is 11.1. The molecule has 3 atom stereocenters. The van der Waals surface area contributed by atoms with Gasteiger partial charge in [0.25, 0.3) is 0 Å². The predicted molar refractivity (Wildman–Crippen MR) is 65.0 cm³/mol. The molecular weight excluding hydrogens is 196 g/mol. The van der Waals surface area contributed by atoms with Gasteiger partial charge in [-0.2, -0.15) is 0 Å². The Balaban J connectivity index is 2.09. The van der Waals surface area contributed by atoms with Crippen molar-refractivity contribution in [1.82, 2.24) is 0 Å². The van der Waals surface area contributed by atoms with Crippen molar-refractivity contribution in [2.75, 3.05) is 0 Å². The fraction of sp³-hybridized carbons (Fsp3) is 0.800. The number of carbonyl (C=O) groups is 1. The van der Waals surface area contributed by atoms with Crippen LogP contribution in [0.2, 0.25) is 0 Å². The molecule has 1 heteroatoms. The third-order valence-electron chi connectivity index (χ3n) is 6.10. The van der Waals surface area contributed by atoms with Crippen LogP contribution in [0.3, 0.4) is 0 Å². The van der Waals surface area contributed by atoms with Crippen LogP contribution in [0.25, 0.3) is 0 Å². The van der Waals surface area contributed by atoms with E-state index in [4.69, 9.17) is 0 Å². The Morgan fingerprint density at radius 3 is 2.75 bits per heavy atom. The molecule has 0 aliphatic heterocycles. The Bertz CT molecular complexity index is 379. The molecule has 0 unspecified atom stereocenters. The van der Waals surface area contributed by atoms with Crippen LogP contribution in [0.5, 0.6) is 0 Å². The zero-order valence-electron chi connectivity index (χ0n) is 10.7. The van der Waals surface area contributed by atoms with Crippen LogP contribution in [-0.2, 0) is 4.79 Å². The first-order valence-corrected chi connectivity index (χ1v) is 6.62. The molecule has 0 amide bonds. The molecule has 1 nitrogen and oxygen atoms in total. The lowest BCUT2D eigenvalue weighted by atomic mass is 9.50. The van der Waals surface area contributed by atoms with E-state index in [2.05, 4.69) is 26.8 Å². The first-order chi connectivity index (χ1) is 7.47. The van der Waals surface area contributed by atoms with E-state index in [0.29, 0.717) is 22.2 Å². The highest BCUT2D eigenvalue weighted by Crippen LogP contribution is 2.80. The summed E-state index contributed by atoms with van der Waals surface area (Å²) in [6.07, 6.45) is 9.79. The van der Waals surface area contributed by atoms with Crippen molar-refractivity contribution in [2.24, 2.45) is 22.2 Å². The Hall–Kier alpha value is -0.590. The normalized spacial score (nSPS) is 48.7. The smallest absolute Gasteiger partial charge is 0.146 e. The average molecular weight is 218 g/mol. The van der Waals surface area contributed by atoms with Crippen LogP contribution in [0.1, 0.15) is 52.9 Å². The second kappa shape index (κ2) is 2.80. The van der Waals surface area contributed by atoms with Crippen molar-refractivity contribution in [2.45, 2.75) is 52.9 Å². The van der Waals surface area contributed by atoms with E-state index >= 15 is 0 Å². The summed E-state index contributed by atoms with van der Waals surface area (Å²) in [5, 5.41) is 0. The molecule has 0 bridgehead atoms. The van der Waals surface area contributed by atoms with Crippen molar-refractivity contribution >= 4 is 6.29 Å². The molecule has 3 aliphatic rings. The summed E-state index contributed by atoms with van der Waals surface area (Å²) in [7, 11) is 0. The molecule has 0 aromatic rings. The van der Waals surface area contributed by atoms with Crippen molar-refractivity contribution in [1.29, 1.82) is 0 Å². The molecule has 0 heterocycles. The molecule has 2 fully saturated rings. The van der Waals surface area contributed by atoms with E-state index in [1.54, 1.807) is 0 Å². The first kappa shape index (κ1) is 10.6. The van der Waals surface area contributed by atoms with E-state index in [-0.39, 0.29) is 0 Å². The highest BCUT2D eigenvalue weighted by atomic mass is 16.1. The molecule has 3 rings (SSSR count). The Kier molecular flexibility index (Phi) is 1.85. The molecular formula is C15H22O. The van der Waals surface area contributed by atoms with Gasteiger partial charge in [-0.15, -0.1) is 0 Å².